The van der Waals surface area contributed by atoms with Gasteiger partial charge in [-0.1, -0.05) is 47.5 Å². The zero-order chi connectivity index (χ0) is 20.1. The molecule has 6 heteroatoms. The van der Waals surface area contributed by atoms with E-state index in [2.05, 4.69) is 21.6 Å². The maximum Gasteiger partial charge on any atom is 0.249 e. The topological polar surface area (TPSA) is 51.0 Å². The first kappa shape index (κ1) is 19.8. The molecule has 29 heavy (non-hydrogen) atoms. The van der Waals surface area contributed by atoms with Crippen LogP contribution in [0.1, 0.15) is 49.6 Å². The molecule has 0 saturated heterocycles. The average Bonchev–Trinajstić information content (AvgIpc) is 3.23. The molecule has 1 atom stereocenters. The summed E-state index contributed by atoms with van der Waals surface area (Å²) in [7, 11) is 0. The number of nitrogens with one attached hydrogen (secondary N) is 1. The van der Waals surface area contributed by atoms with E-state index in [4.69, 9.17) is 16.0 Å². The third kappa shape index (κ3) is 4.92. The van der Waals surface area contributed by atoms with Gasteiger partial charge in [-0.25, -0.2) is 4.39 Å². The Bertz CT molecular complexity index is 984. The number of aromatic nitrogens is 2. The summed E-state index contributed by atoms with van der Waals surface area (Å²) in [5.41, 5.74) is 3.06. The lowest BCUT2D eigenvalue weighted by molar-refractivity contribution is 0.438. The van der Waals surface area contributed by atoms with E-state index >= 15 is 0 Å². The van der Waals surface area contributed by atoms with Crippen molar-refractivity contribution in [2.45, 2.75) is 38.1 Å². The van der Waals surface area contributed by atoms with Gasteiger partial charge in [0.05, 0.1) is 10.6 Å². The predicted molar refractivity (Wildman–Crippen MR) is 112 cm³/mol. The highest BCUT2D eigenvalue weighted by Gasteiger charge is 2.22. The Balaban J connectivity index is 1.56. The van der Waals surface area contributed by atoms with Crippen molar-refractivity contribution in [3.05, 3.63) is 82.5 Å². The molecule has 0 radical (unpaired) electrons. The van der Waals surface area contributed by atoms with Crippen LogP contribution in [0.15, 0.2) is 64.6 Å². The molecule has 0 unspecified atom stereocenters. The highest BCUT2D eigenvalue weighted by atomic mass is 35.5. The lowest BCUT2D eigenvalue weighted by atomic mass is 9.97. The van der Waals surface area contributed by atoms with E-state index in [-0.39, 0.29) is 11.9 Å². The molecule has 150 valence electrons. The molecular formula is C23H23ClFN3O. The quantitative estimate of drug-likeness (QED) is 0.477. The van der Waals surface area contributed by atoms with Gasteiger partial charge in [0.25, 0.3) is 0 Å². The maximum atomic E-state index is 13.4. The standard InChI is InChI=1S/C23H23ClFN3O/c24-20-9-5-4-8-19(20)22-27-28-23(29-22)21(17-10-12-18(25)13-11-17)26-15-14-16-6-2-1-3-7-16/h4-6,8-13,21,26H,1-3,7,14-15H2/t21-/m1/s1. The molecule has 1 aliphatic rings. The van der Waals surface area contributed by atoms with Gasteiger partial charge in [-0.05, 0) is 68.5 Å². The Labute approximate surface area is 174 Å². The first-order valence-electron chi connectivity index (χ1n) is 9.96. The molecule has 1 heterocycles. The summed E-state index contributed by atoms with van der Waals surface area (Å²) in [5.74, 6) is 0.529. The molecule has 0 saturated carbocycles. The smallest absolute Gasteiger partial charge is 0.249 e. The van der Waals surface area contributed by atoms with Crippen molar-refractivity contribution < 1.29 is 8.81 Å². The van der Waals surface area contributed by atoms with Gasteiger partial charge in [-0.2, -0.15) is 0 Å². The molecule has 0 amide bonds. The summed E-state index contributed by atoms with van der Waals surface area (Å²) in [4.78, 5) is 0. The lowest BCUT2D eigenvalue weighted by Gasteiger charge is -2.18. The van der Waals surface area contributed by atoms with Gasteiger partial charge in [0.1, 0.15) is 11.9 Å². The fourth-order valence-corrected chi connectivity index (χ4v) is 3.82. The summed E-state index contributed by atoms with van der Waals surface area (Å²) in [5, 5.41) is 12.5. The third-order valence-electron chi connectivity index (χ3n) is 5.17. The van der Waals surface area contributed by atoms with Crippen molar-refractivity contribution in [1.82, 2.24) is 15.5 Å². The van der Waals surface area contributed by atoms with Crippen molar-refractivity contribution in [1.29, 1.82) is 0 Å². The van der Waals surface area contributed by atoms with Crippen LogP contribution < -0.4 is 5.32 Å². The number of halogens is 2. The molecule has 0 spiro atoms. The third-order valence-corrected chi connectivity index (χ3v) is 5.50. The highest BCUT2D eigenvalue weighted by molar-refractivity contribution is 6.33. The second kappa shape index (κ2) is 9.33. The normalized spacial score (nSPS) is 15.2. The zero-order valence-electron chi connectivity index (χ0n) is 16.1. The Morgan fingerprint density at radius 2 is 1.90 bits per heavy atom. The van der Waals surface area contributed by atoms with Crippen LogP contribution in [0.3, 0.4) is 0 Å². The SMILES string of the molecule is Fc1ccc([C@@H](NCCC2=CCCCC2)c2nnc(-c3ccccc3Cl)o2)cc1. The van der Waals surface area contributed by atoms with Crippen LogP contribution >= 0.6 is 11.6 Å². The maximum absolute atomic E-state index is 13.4. The Morgan fingerprint density at radius 1 is 1.07 bits per heavy atom. The second-order valence-electron chi connectivity index (χ2n) is 7.22. The summed E-state index contributed by atoms with van der Waals surface area (Å²) in [6.45, 7) is 0.775. The number of benzene rings is 2. The summed E-state index contributed by atoms with van der Waals surface area (Å²) in [6.07, 6.45) is 8.20. The fourth-order valence-electron chi connectivity index (χ4n) is 3.61. The van der Waals surface area contributed by atoms with Crippen LogP contribution in [0, 0.1) is 5.82 Å². The second-order valence-corrected chi connectivity index (χ2v) is 7.63. The Hall–Kier alpha value is -2.50. The van der Waals surface area contributed by atoms with Gasteiger partial charge in [-0.15, -0.1) is 10.2 Å². The molecule has 0 aliphatic heterocycles. The van der Waals surface area contributed by atoms with E-state index in [1.165, 1.54) is 43.4 Å². The van der Waals surface area contributed by atoms with Crippen LogP contribution in [0.25, 0.3) is 11.5 Å². The molecule has 4 nitrogen and oxygen atoms in total. The highest BCUT2D eigenvalue weighted by Crippen LogP contribution is 2.29. The summed E-state index contributed by atoms with van der Waals surface area (Å²) in [6, 6.07) is 13.4. The van der Waals surface area contributed by atoms with E-state index < -0.39 is 0 Å². The largest absolute Gasteiger partial charge is 0.419 e. The van der Waals surface area contributed by atoms with E-state index in [0.29, 0.717) is 22.4 Å². The van der Waals surface area contributed by atoms with Crippen molar-refractivity contribution in [3.8, 4) is 11.5 Å². The number of rotatable bonds is 7. The monoisotopic (exact) mass is 411 g/mol. The van der Waals surface area contributed by atoms with Gasteiger partial charge in [0.15, 0.2) is 0 Å². The minimum atomic E-state index is -0.316. The molecule has 4 rings (SSSR count). The van der Waals surface area contributed by atoms with Gasteiger partial charge in [-0.3, -0.25) is 0 Å². The summed E-state index contributed by atoms with van der Waals surface area (Å²) >= 11 is 6.26. The molecule has 0 fully saturated rings. The Kier molecular flexibility index (Phi) is 6.37. The zero-order valence-corrected chi connectivity index (χ0v) is 16.8. The van der Waals surface area contributed by atoms with Crippen LogP contribution in [-0.4, -0.2) is 16.7 Å². The van der Waals surface area contributed by atoms with Gasteiger partial charge in [0.2, 0.25) is 11.8 Å². The van der Waals surface area contributed by atoms with Crippen molar-refractivity contribution in [2.75, 3.05) is 6.54 Å². The Morgan fingerprint density at radius 3 is 2.66 bits per heavy atom. The van der Waals surface area contributed by atoms with Crippen molar-refractivity contribution >= 4 is 11.6 Å². The lowest BCUT2D eigenvalue weighted by Crippen LogP contribution is -2.24. The summed E-state index contributed by atoms with van der Waals surface area (Å²) < 4.78 is 19.4. The average molecular weight is 412 g/mol. The van der Waals surface area contributed by atoms with E-state index in [1.807, 2.05) is 18.2 Å². The van der Waals surface area contributed by atoms with E-state index in [9.17, 15) is 4.39 Å². The molecule has 3 aromatic rings. The minimum absolute atomic E-state index is 0.276. The predicted octanol–water partition coefficient (Wildman–Crippen LogP) is 6.10. The molecule has 2 aromatic carbocycles. The van der Waals surface area contributed by atoms with Crippen LogP contribution in [0.5, 0.6) is 0 Å². The van der Waals surface area contributed by atoms with E-state index in [1.54, 1.807) is 18.2 Å². The van der Waals surface area contributed by atoms with Crippen molar-refractivity contribution in [2.24, 2.45) is 0 Å². The molecular weight excluding hydrogens is 389 g/mol. The van der Waals surface area contributed by atoms with Gasteiger partial charge in [0, 0.05) is 0 Å². The van der Waals surface area contributed by atoms with Crippen LogP contribution in [-0.2, 0) is 0 Å². The van der Waals surface area contributed by atoms with Gasteiger partial charge >= 0.3 is 0 Å². The molecule has 1 aliphatic carbocycles. The molecule has 1 N–H and O–H groups in total. The van der Waals surface area contributed by atoms with Gasteiger partial charge < -0.3 is 9.73 Å². The van der Waals surface area contributed by atoms with Crippen molar-refractivity contribution in [3.63, 3.8) is 0 Å². The van der Waals surface area contributed by atoms with Crippen LogP contribution in [0.4, 0.5) is 4.39 Å². The first-order chi connectivity index (χ1) is 14.2. The van der Waals surface area contributed by atoms with E-state index in [0.717, 1.165) is 18.5 Å². The molecule has 1 aromatic heterocycles. The number of allylic oxidation sites excluding steroid dienone is 1. The number of hydrogen-bond donors (Lipinski definition) is 1. The fraction of sp³-hybridized carbons (Fsp3) is 0.304. The van der Waals surface area contributed by atoms with Crippen LogP contribution in [0.2, 0.25) is 5.02 Å². The number of hydrogen-bond acceptors (Lipinski definition) is 4. The molecule has 0 bridgehead atoms. The first-order valence-corrected chi connectivity index (χ1v) is 10.3. The minimum Gasteiger partial charge on any atom is -0.419 e. The number of nitrogens with zero attached hydrogens (tertiary/aromatic N) is 2.